The molecule has 7 heteroatoms. The zero-order valence-corrected chi connectivity index (χ0v) is 15.4. The third-order valence-electron chi connectivity index (χ3n) is 4.67. The molecule has 138 valence electrons. The highest BCUT2D eigenvalue weighted by molar-refractivity contribution is 7.89. The average molecular weight is 374 g/mol. The van der Waals surface area contributed by atoms with E-state index in [2.05, 4.69) is 0 Å². The molecule has 0 aliphatic carbocycles. The Labute approximate surface area is 153 Å². The van der Waals surface area contributed by atoms with Crippen LogP contribution in [0.2, 0.25) is 0 Å². The summed E-state index contributed by atoms with van der Waals surface area (Å²) >= 11 is 0. The van der Waals surface area contributed by atoms with Crippen molar-refractivity contribution in [3.63, 3.8) is 0 Å². The first-order valence-electron chi connectivity index (χ1n) is 8.48. The lowest BCUT2D eigenvalue weighted by molar-refractivity contribution is 0.123. The second kappa shape index (κ2) is 7.47. The van der Waals surface area contributed by atoms with Crippen LogP contribution in [-0.4, -0.2) is 48.0 Å². The number of carboxylic acid groups (broad SMARTS) is 1. The molecule has 0 radical (unpaired) electrons. The van der Waals surface area contributed by atoms with Crippen LogP contribution in [0.15, 0.2) is 59.5 Å². The topological polar surface area (TPSA) is 77.9 Å². The van der Waals surface area contributed by atoms with Gasteiger partial charge in [0, 0.05) is 19.6 Å². The Morgan fingerprint density at radius 2 is 1.81 bits per heavy atom. The first kappa shape index (κ1) is 18.4. The third-order valence-corrected chi connectivity index (χ3v) is 6.55. The van der Waals surface area contributed by atoms with E-state index in [9.17, 15) is 18.3 Å². The monoisotopic (exact) mass is 374 g/mol. The summed E-state index contributed by atoms with van der Waals surface area (Å²) in [7, 11) is -3.61. The van der Waals surface area contributed by atoms with Crippen LogP contribution in [-0.2, 0) is 16.6 Å². The molecule has 1 heterocycles. The van der Waals surface area contributed by atoms with E-state index in [1.165, 1.54) is 9.21 Å². The maximum absolute atomic E-state index is 12.8. The molecule has 1 saturated heterocycles. The number of benzene rings is 2. The van der Waals surface area contributed by atoms with Crippen LogP contribution in [0.25, 0.3) is 0 Å². The van der Waals surface area contributed by atoms with Crippen molar-refractivity contribution in [1.82, 2.24) is 9.21 Å². The molecule has 1 aliphatic rings. The summed E-state index contributed by atoms with van der Waals surface area (Å²) in [6.45, 7) is 2.64. The van der Waals surface area contributed by atoms with Gasteiger partial charge in [-0.25, -0.2) is 13.2 Å². The van der Waals surface area contributed by atoms with E-state index in [1.54, 1.807) is 24.3 Å². The van der Waals surface area contributed by atoms with Crippen molar-refractivity contribution in [2.75, 3.05) is 13.1 Å². The number of hydrogen-bond donors (Lipinski definition) is 1. The molecule has 2 aromatic carbocycles. The van der Waals surface area contributed by atoms with Crippen LogP contribution >= 0.6 is 0 Å². The molecule has 0 saturated carbocycles. The zero-order chi connectivity index (χ0) is 18.7. The Hall–Kier alpha value is -2.38. The summed E-state index contributed by atoms with van der Waals surface area (Å²) in [6.07, 6.45) is -0.544. The van der Waals surface area contributed by atoms with Crippen LogP contribution < -0.4 is 0 Å². The fourth-order valence-corrected chi connectivity index (χ4v) is 4.67. The summed E-state index contributed by atoms with van der Waals surface area (Å²) in [6, 6.07) is 15.7. The van der Waals surface area contributed by atoms with Crippen molar-refractivity contribution < 1.29 is 18.3 Å². The number of amides is 1. The second-order valence-corrected chi connectivity index (χ2v) is 8.45. The molecule has 1 N–H and O–H groups in total. The molecular formula is C19H22N2O4S. The van der Waals surface area contributed by atoms with Gasteiger partial charge < -0.3 is 5.11 Å². The second-order valence-electron chi connectivity index (χ2n) is 6.51. The third kappa shape index (κ3) is 3.89. The van der Waals surface area contributed by atoms with Gasteiger partial charge in [0.1, 0.15) is 0 Å². The highest BCUT2D eigenvalue weighted by Crippen LogP contribution is 2.25. The van der Waals surface area contributed by atoms with Gasteiger partial charge >= 0.3 is 6.09 Å². The number of carbonyl (C=O) groups is 1. The minimum Gasteiger partial charge on any atom is -0.465 e. The predicted octanol–water partition coefficient (Wildman–Crippen LogP) is 2.94. The summed E-state index contributed by atoms with van der Waals surface area (Å²) < 4.78 is 27.0. The fourth-order valence-electron chi connectivity index (χ4n) is 3.18. The molecule has 1 atom stereocenters. The van der Waals surface area contributed by atoms with Gasteiger partial charge in [-0.2, -0.15) is 4.31 Å². The van der Waals surface area contributed by atoms with Gasteiger partial charge in [0.2, 0.25) is 10.0 Å². The van der Waals surface area contributed by atoms with Gasteiger partial charge in [-0.3, -0.25) is 4.90 Å². The summed E-state index contributed by atoms with van der Waals surface area (Å²) in [5.74, 6) is 0. The Kier molecular flexibility index (Phi) is 5.29. The minimum absolute atomic E-state index is 0.176. The maximum atomic E-state index is 12.8. The molecule has 2 aromatic rings. The Morgan fingerprint density at radius 1 is 1.15 bits per heavy atom. The normalized spacial score (nSPS) is 18.0. The van der Waals surface area contributed by atoms with E-state index < -0.39 is 16.1 Å². The van der Waals surface area contributed by atoms with E-state index in [1.807, 2.05) is 37.3 Å². The van der Waals surface area contributed by atoms with E-state index in [0.717, 1.165) is 11.1 Å². The molecule has 0 aromatic heterocycles. The smallest absolute Gasteiger partial charge is 0.407 e. The van der Waals surface area contributed by atoms with E-state index >= 15 is 0 Å². The number of rotatable bonds is 5. The lowest BCUT2D eigenvalue weighted by atomic mass is 10.1. The summed E-state index contributed by atoms with van der Waals surface area (Å²) in [4.78, 5) is 13.3. The van der Waals surface area contributed by atoms with Gasteiger partial charge in [-0.1, -0.05) is 48.0 Å². The molecule has 1 aliphatic heterocycles. The summed E-state index contributed by atoms with van der Waals surface area (Å²) in [5, 5.41) is 9.59. The van der Waals surface area contributed by atoms with Gasteiger partial charge in [0.05, 0.1) is 10.9 Å². The summed E-state index contributed by atoms with van der Waals surface area (Å²) in [5.41, 5.74) is 1.87. The van der Waals surface area contributed by atoms with Crippen LogP contribution in [0, 0.1) is 6.92 Å². The number of aryl methyl sites for hydroxylation is 1. The Bertz CT molecular complexity index is 866. The minimum atomic E-state index is -3.61. The van der Waals surface area contributed by atoms with Crippen LogP contribution in [0.5, 0.6) is 0 Å². The maximum Gasteiger partial charge on any atom is 0.407 e. The van der Waals surface area contributed by atoms with Crippen LogP contribution in [0.3, 0.4) is 0 Å². The molecule has 6 nitrogen and oxygen atoms in total. The van der Waals surface area contributed by atoms with Crippen molar-refractivity contribution in [1.29, 1.82) is 0 Å². The van der Waals surface area contributed by atoms with E-state index in [4.69, 9.17) is 0 Å². The highest BCUT2D eigenvalue weighted by atomic mass is 32.2. The molecule has 1 unspecified atom stereocenters. The molecule has 3 rings (SSSR count). The van der Waals surface area contributed by atoms with Crippen molar-refractivity contribution in [2.24, 2.45) is 0 Å². The highest BCUT2D eigenvalue weighted by Gasteiger charge is 2.36. The Morgan fingerprint density at radius 3 is 2.42 bits per heavy atom. The van der Waals surface area contributed by atoms with Crippen molar-refractivity contribution in [3.05, 3.63) is 65.7 Å². The largest absolute Gasteiger partial charge is 0.465 e. The van der Waals surface area contributed by atoms with Gasteiger partial charge in [-0.15, -0.1) is 0 Å². The van der Waals surface area contributed by atoms with Gasteiger partial charge in [-0.05, 0) is 31.0 Å². The zero-order valence-electron chi connectivity index (χ0n) is 14.6. The molecular weight excluding hydrogens is 352 g/mol. The quantitative estimate of drug-likeness (QED) is 0.873. The number of nitrogens with zero attached hydrogens (tertiary/aromatic N) is 2. The van der Waals surface area contributed by atoms with Gasteiger partial charge in [0.25, 0.3) is 0 Å². The standard InChI is InChI=1S/C19H22N2O4S/c1-15-7-9-18(10-8-15)26(24,25)20-12-11-17(14-20)21(19(22)23)13-16-5-3-2-4-6-16/h2-10,17H,11-14H2,1H3,(H,22,23). The first-order chi connectivity index (χ1) is 12.4. The van der Waals surface area contributed by atoms with Gasteiger partial charge in [0.15, 0.2) is 0 Å². The molecule has 0 spiro atoms. The van der Waals surface area contributed by atoms with Crippen molar-refractivity contribution >= 4 is 16.1 Å². The van der Waals surface area contributed by atoms with Crippen LogP contribution in [0.4, 0.5) is 4.79 Å². The number of sulfonamides is 1. The Balaban J connectivity index is 1.75. The lowest BCUT2D eigenvalue weighted by Crippen LogP contribution is -2.41. The molecule has 1 amide bonds. The molecule has 26 heavy (non-hydrogen) atoms. The molecule has 0 bridgehead atoms. The van der Waals surface area contributed by atoms with E-state index in [0.29, 0.717) is 13.0 Å². The average Bonchev–Trinajstić information content (AvgIpc) is 3.11. The molecule has 1 fully saturated rings. The van der Waals surface area contributed by atoms with Crippen molar-refractivity contribution in [2.45, 2.75) is 30.8 Å². The SMILES string of the molecule is Cc1ccc(S(=O)(=O)N2CCC(N(Cc3ccccc3)C(=O)O)C2)cc1. The van der Waals surface area contributed by atoms with E-state index in [-0.39, 0.29) is 24.0 Å². The predicted molar refractivity (Wildman–Crippen MR) is 98.4 cm³/mol. The number of hydrogen-bond acceptors (Lipinski definition) is 3. The van der Waals surface area contributed by atoms with Crippen molar-refractivity contribution in [3.8, 4) is 0 Å². The lowest BCUT2D eigenvalue weighted by Gasteiger charge is -2.26. The van der Waals surface area contributed by atoms with Crippen LogP contribution in [0.1, 0.15) is 17.5 Å². The first-order valence-corrected chi connectivity index (χ1v) is 9.92. The fraction of sp³-hybridized carbons (Fsp3) is 0.316.